The van der Waals surface area contributed by atoms with Gasteiger partial charge in [-0.25, -0.2) is 4.39 Å². The van der Waals surface area contributed by atoms with Crippen LogP contribution < -0.4 is 10.1 Å². The highest BCUT2D eigenvalue weighted by Gasteiger charge is 2.16. The summed E-state index contributed by atoms with van der Waals surface area (Å²) >= 11 is 3.17. The molecule has 0 radical (unpaired) electrons. The summed E-state index contributed by atoms with van der Waals surface area (Å²) in [6.45, 7) is 1.73. The van der Waals surface area contributed by atoms with Crippen molar-refractivity contribution in [1.82, 2.24) is 0 Å². The molecule has 0 aliphatic carbocycles. The molecule has 0 bridgehead atoms. The molecule has 0 spiro atoms. The minimum Gasteiger partial charge on any atom is -0.493 e. The van der Waals surface area contributed by atoms with Gasteiger partial charge in [0.2, 0.25) is 0 Å². The Hall–Kier alpha value is -1.82. The highest BCUT2D eigenvalue weighted by Crippen LogP contribution is 2.34. The van der Waals surface area contributed by atoms with E-state index in [1.165, 1.54) is 19.2 Å². The number of methoxy groups -OCH3 is 1. The lowest BCUT2D eigenvalue weighted by Crippen LogP contribution is -2.12. The molecule has 2 aromatic rings. The van der Waals surface area contributed by atoms with Gasteiger partial charge in [-0.3, -0.25) is 4.79 Å². The first-order valence-corrected chi connectivity index (χ1v) is 6.21. The minimum absolute atomic E-state index is 0.153. The van der Waals surface area contributed by atoms with Gasteiger partial charge in [0.25, 0.3) is 5.91 Å². The number of carbonyl (C=O) groups excluding carboxylic acids is 1. The van der Waals surface area contributed by atoms with Gasteiger partial charge in [-0.2, -0.15) is 0 Å². The molecular weight excluding hydrogens is 317 g/mol. The van der Waals surface area contributed by atoms with E-state index in [0.29, 0.717) is 16.0 Å². The van der Waals surface area contributed by atoms with E-state index in [9.17, 15) is 9.18 Å². The maximum absolute atomic E-state index is 13.3. The molecule has 0 saturated carbocycles. The SMILES string of the molecule is COc1c(Br)cc(F)cc1NC(=O)c1ccc(C)o1. The van der Waals surface area contributed by atoms with Crippen LogP contribution in [0.4, 0.5) is 10.1 Å². The van der Waals surface area contributed by atoms with E-state index >= 15 is 0 Å². The summed E-state index contributed by atoms with van der Waals surface area (Å²) < 4.78 is 24.1. The van der Waals surface area contributed by atoms with Crippen molar-refractivity contribution in [1.29, 1.82) is 0 Å². The molecular formula is C13H11BrFNO3. The van der Waals surface area contributed by atoms with Gasteiger partial charge < -0.3 is 14.5 Å². The lowest BCUT2D eigenvalue weighted by molar-refractivity contribution is 0.0995. The van der Waals surface area contributed by atoms with Crippen molar-refractivity contribution in [2.24, 2.45) is 0 Å². The smallest absolute Gasteiger partial charge is 0.291 e. The lowest BCUT2D eigenvalue weighted by atomic mass is 10.2. The Morgan fingerprint density at radius 3 is 2.74 bits per heavy atom. The Morgan fingerprint density at radius 2 is 2.16 bits per heavy atom. The highest BCUT2D eigenvalue weighted by molar-refractivity contribution is 9.10. The number of nitrogens with one attached hydrogen (secondary N) is 1. The van der Waals surface area contributed by atoms with E-state index in [4.69, 9.17) is 9.15 Å². The first-order chi connectivity index (χ1) is 9.01. The van der Waals surface area contributed by atoms with Crippen LogP contribution in [-0.2, 0) is 0 Å². The fourth-order valence-corrected chi connectivity index (χ4v) is 2.20. The molecule has 1 aromatic carbocycles. The van der Waals surface area contributed by atoms with Gasteiger partial charge in [0, 0.05) is 6.07 Å². The second-order valence-electron chi connectivity index (χ2n) is 3.83. The zero-order valence-corrected chi connectivity index (χ0v) is 11.9. The third kappa shape index (κ3) is 2.96. The van der Waals surface area contributed by atoms with Crippen molar-refractivity contribution in [3.05, 3.63) is 46.1 Å². The van der Waals surface area contributed by atoms with Crippen LogP contribution in [0, 0.1) is 12.7 Å². The summed E-state index contributed by atoms with van der Waals surface area (Å²) in [6, 6.07) is 5.65. The predicted octanol–water partition coefficient (Wildman–Crippen LogP) is 3.75. The minimum atomic E-state index is -0.487. The standard InChI is InChI=1S/C13H11BrFNO3/c1-7-3-4-11(19-7)13(17)16-10-6-8(15)5-9(14)12(10)18-2/h3-6H,1-2H3,(H,16,17). The molecule has 0 atom stereocenters. The molecule has 19 heavy (non-hydrogen) atoms. The number of halogens is 2. The van der Waals surface area contributed by atoms with Crippen LogP contribution in [0.15, 0.2) is 33.2 Å². The maximum atomic E-state index is 13.3. The third-order valence-corrected chi connectivity index (χ3v) is 3.01. The van der Waals surface area contributed by atoms with Crippen molar-refractivity contribution in [3.63, 3.8) is 0 Å². The van der Waals surface area contributed by atoms with Gasteiger partial charge in [-0.1, -0.05) is 0 Å². The number of carbonyl (C=O) groups is 1. The number of amides is 1. The van der Waals surface area contributed by atoms with Gasteiger partial charge in [-0.15, -0.1) is 0 Å². The molecule has 1 aromatic heterocycles. The van der Waals surface area contributed by atoms with Gasteiger partial charge in [0.1, 0.15) is 11.6 Å². The Balaban J connectivity index is 2.30. The van der Waals surface area contributed by atoms with Crippen LogP contribution in [0.1, 0.15) is 16.3 Å². The van der Waals surface area contributed by atoms with E-state index in [-0.39, 0.29) is 11.4 Å². The summed E-state index contributed by atoms with van der Waals surface area (Å²) in [5.74, 6) is 0.165. The van der Waals surface area contributed by atoms with E-state index in [2.05, 4.69) is 21.2 Å². The van der Waals surface area contributed by atoms with E-state index in [1.807, 2.05) is 0 Å². The predicted molar refractivity (Wildman–Crippen MR) is 72.1 cm³/mol. The fraction of sp³-hybridized carbons (Fsp3) is 0.154. The summed E-state index contributed by atoms with van der Waals surface area (Å²) in [4.78, 5) is 11.9. The zero-order valence-electron chi connectivity index (χ0n) is 10.3. The number of benzene rings is 1. The van der Waals surface area contributed by atoms with Gasteiger partial charge in [0.15, 0.2) is 11.5 Å². The molecule has 100 valence electrons. The van der Waals surface area contributed by atoms with Crippen molar-refractivity contribution in [2.75, 3.05) is 12.4 Å². The van der Waals surface area contributed by atoms with Crippen molar-refractivity contribution < 1.29 is 18.3 Å². The van der Waals surface area contributed by atoms with Crippen molar-refractivity contribution in [3.8, 4) is 5.75 Å². The Bertz CT molecular complexity index is 624. The Morgan fingerprint density at radius 1 is 1.42 bits per heavy atom. The van der Waals surface area contributed by atoms with Crippen molar-refractivity contribution >= 4 is 27.5 Å². The van der Waals surface area contributed by atoms with Crippen LogP contribution in [0.5, 0.6) is 5.75 Å². The topological polar surface area (TPSA) is 51.5 Å². The lowest BCUT2D eigenvalue weighted by Gasteiger charge is -2.11. The largest absolute Gasteiger partial charge is 0.493 e. The Kier molecular flexibility index (Phi) is 3.90. The van der Waals surface area contributed by atoms with Gasteiger partial charge >= 0.3 is 0 Å². The van der Waals surface area contributed by atoms with Crippen LogP contribution in [-0.4, -0.2) is 13.0 Å². The van der Waals surface area contributed by atoms with Crippen LogP contribution in [0.3, 0.4) is 0 Å². The summed E-state index contributed by atoms with van der Waals surface area (Å²) in [6.07, 6.45) is 0. The van der Waals surface area contributed by atoms with Crippen LogP contribution >= 0.6 is 15.9 Å². The fourth-order valence-electron chi connectivity index (χ4n) is 1.60. The van der Waals surface area contributed by atoms with E-state index in [0.717, 1.165) is 0 Å². The monoisotopic (exact) mass is 327 g/mol. The number of rotatable bonds is 3. The number of hydrogen-bond donors (Lipinski definition) is 1. The molecule has 0 fully saturated rings. The summed E-state index contributed by atoms with van der Waals surface area (Å²) in [5.41, 5.74) is 0.230. The normalized spacial score (nSPS) is 10.3. The number of furan rings is 1. The number of ether oxygens (including phenoxy) is 1. The third-order valence-electron chi connectivity index (χ3n) is 2.42. The highest BCUT2D eigenvalue weighted by atomic mass is 79.9. The molecule has 0 aliphatic rings. The molecule has 4 nitrogen and oxygen atoms in total. The summed E-state index contributed by atoms with van der Waals surface area (Å²) in [5, 5.41) is 2.55. The van der Waals surface area contributed by atoms with Gasteiger partial charge in [-0.05, 0) is 41.1 Å². The van der Waals surface area contributed by atoms with Crippen LogP contribution in [0.2, 0.25) is 0 Å². The average molecular weight is 328 g/mol. The van der Waals surface area contributed by atoms with Crippen LogP contribution in [0.25, 0.3) is 0 Å². The van der Waals surface area contributed by atoms with E-state index in [1.54, 1.807) is 19.1 Å². The number of aryl methyl sites for hydroxylation is 1. The molecule has 1 N–H and O–H groups in total. The molecule has 0 unspecified atom stereocenters. The molecule has 2 rings (SSSR count). The molecule has 0 saturated heterocycles. The first-order valence-electron chi connectivity index (χ1n) is 5.42. The summed E-state index contributed by atoms with van der Waals surface area (Å²) in [7, 11) is 1.44. The zero-order chi connectivity index (χ0) is 14.0. The maximum Gasteiger partial charge on any atom is 0.291 e. The second-order valence-corrected chi connectivity index (χ2v) is 4.69. The van der Waals surface area contributed by atoms with Crippen molar-refractivity contribution in [2.45, 2.75) is 6.92 Å². The van der Waals surface area contributed by atoms with E-state index < -0.39 is 11.7 Å². The molecule has 1 heterocycles. The molecule has 1 amide bonds. The quantitative estimate of drug-likeness (QED) is 0.934. The number of anilines is 1. The number of hydrogen-bond acceptors (Lipinski definition) is 3. The average Bonchev–Trinajstić information content (AvgIpc) is 2.75. The Labute approximate surface area is 117 Å². The molecule has 0 aliphatic heterocycles. The first kappa shape index (κ1) is 13.6. The molecule has 6 heteroatoms. The van der Waals surface area contributed by atoms with Gasteiger partial charge in [0.05, 0.1) is 17.3 Å². The second kappa shape index (κ2) is 5.44.